The van der Waals surface area contributed by atoms with Crippen molar-refractivity contribution in [1.29, 1.82) is 0 Å². The summed E-state index contributed by atoms with van der Waals surface area (Å²) >= 11 is 0. The topological polar surface area (TPSA) is 31.0 Å². The number of furan rings is 1. The van der Waals surface area contributed by atoms with E-state index in [1.54, 1.807) is 0 Å². The second kappa shape index (κ2) is 34.7. The van der Waals surface area contributed by atoms with E-state index in [4.69, 9.17) is 4.42 Å². The number of anilines is 11. The predicted molar refractivity (Wildman–Crippen MR) is 593 cm³/mol. The molecule has 0 saturated heterocycles. The highest BCUT2D eigenvalue weighted by Crippen LogP contribution is 2.57. The fraction of sp³-hybridized carbons (Fsp3) is 0.0815. The van der Waals surface area contributed by atoms with Gasteiger partial charge in [0.25, 0.3) is 0 Å². The van der Waals surface area contributed by atoms with E-state index in [1.807, 2.05) is 12.1 Å². The molecule has 22 aromatic rings. The van der Waals surface area contributed by atoms with Crippen molar-refractivity contribution >= 4 is 106 Å². The van der Waals surface area contributed by atoms with Crippen molar-refractivity contribution in [3.8, 4) is 83.6 Å². The number of benzene rings is 20. The number of fused-ring (bicyclic) bond motifs is 18. The Hall–Kier alpha value is -17.3. The van der Waals surface area contributed by atoms with Gasteiger partial charge in [-0.15, -0.1) is 0 Å². The molecule has 2 unspecified atom stereocenters. The molecule has 6 nitrogen and oxygen atoms in total. The molecule has 0 radical (unpaired) electrons. The molecule has 0 spiro atoms. The van der Waals surface area contributed by atoms with E-state index in [0.29, 0.717) is 5.92 Å². The van der Waals surface area contributed by atoms with Gasteiger partial charge in [-0.05, 0) is 269 Å². The highest BCUT2D eigenvalue weighted by Gasteiger charge is 2.41. The van der Waals surface area contributed by atoms with Gasteiger partial charge in [-0.2, -0.15) is 0 Å². The zero-order chi connectivity index (χ0) is 94.6. The molecule has 0 amide bonds. The van der Waals surface area contributed by atoms with Gasteiger partial charge in [0.05, 0.1) is 17.1 Å². The van der Waals surface area contributed by atoms with Crippen LogP contribution >= 0.6 is 0 Å². The third kappa shape index (κ3) is 14.8. The third-order valence-electron chi connectivity index (χ3n) is 30.3. The summed E-state index contributed by atoms with van der Waals surface area (Å²) in [5, 5.41) is 4.84. The molecule has 1 aliphatic heterocycles. The average molecular weight is 1810 g/mol. The van der Waals surface area contributed by atoms with Crippen LogP contribution in [-0.4, -0.2) is 10.6 Å². The smallest absolute Gasteiger partial charge is 0.143 e. The number of hydrogen-bond acceptors (Lipinski definition) is 5. The van der Waals surface area contributed by atoms with E-state index < -0.39 is 0 Å². The maximum atomic E-state index is 6.38. The van der Waals surface area contributed by atoms with Crippen molar-refractivity contribution < 1.29 is 4.42 Å². The maximum Gasteiger partial charge on any atom is 0.143 e. The second-order valence-corrected chi connectivity index (χ2v) is 39.4. The number of aromatic nitrogens is 1. The van der Waals surface area contributed by atoms with Gasteiger partial charge in [0, 0.05) is 118 Å². The molecule has 0 fully saturated rings. The van der Waals surface area contributed by atoms with Crippen LogP contribution in [0.4, 0.5) is 62.6 Å². The van der Waals surface area contributed by atoms with Crippen LogP contribution in [0.2, 0.25) is 0 Å². The summed E-state index contributed by atoms with van der Waals surface area (Å²) in [5.41, 5.74) is 45.1. The zero-order valence-corrected chi connectivity index (χ0v) is 79.7. The van der Waals surface area contributed by atoms with Gasteiger partial charge in [0.2, 0.25) is 0 Å². The summed E-state index contributed by atoms with van der Waals surface area (Å²) in [5.74, 6) is 0.370. The first-order valence-electron chi connectivity index (χ1n) is 49.2. The Morgan fingerprint density at radius 2 is 0.567 bits per heavy atom. The van der Waals surface area contributed by atoms with E-state index in [0.717, 1.165) is 89.9 Å². The number of nitrogens with zero attached hydrogens (tertiary/aromatic N) is 5. The molecule has 2 aromatic heterocycles. The van der Waals surface area contributed by atoms with E-state index in [1.165, 1.54) is 139 Å². The molecular formula is C135H103N5O. The Bertz CT molecular complexity index is 8570. The van der Waals surface area contributed by atoms with Gasteiger partial charge in [-0.25, -0.2) is 0 Å². The van der Waals surface area contributed by atoms with Crippen LogP contribution in [0.25, 0.3) is 127 Å². The van der Waals surface area contributed by atoms with Crippen molar-refractivity contribution in [1.82, 2.24) is 4.57 Å². The van der Waals surface area contributed by atoms with Crippen LogP contribution in [0.5, 0.6) is 0 Å². The lowest BCUT2D eigenvalue weighted by Gasteiger charge is -2.30. The Morgan fingerprint density at radius 1 is 0.227 bits per heavy atom. The molecule has 5 aliphatic rings. The molecule has 0 N–H and O–H groups in total. The van der Waals surface area contributed by atoms with Crippen molar-refractivity contribution in [2.24, 2.45) is 0 Å². The Balaban J connectivity index is 0.000000111. The summed E-state index contributed by atoms with van der Waals surface area (Å²) in [6.07, 6.45) is 9.04. The van der Waals surface area contributed by atoms with E-state index in [-0.39, 0.29) is 22.3 Å². The lowest BCUT2D eigenvalue weighted by Crippen LogP contribution is -2.28. The molecule has 4 aliphatic carbocycles. The van der Waals surface area contributed by atoms with Gasteiger partial charge in [0.1, 0.15) is 11.2 Å². The molecule has 2 atom stereocenters. The van der Waals surface area contributed by atoms with Gasteiger partial charge in [-0.1, -0.05) is 387 Å². The quantitative estimate of drug-likeness (QED) is 0.102. The fourth-order valence-electron chi connectivity index (χ4n) is 23.2. The first kappa shape index (κ1) is 85.4. The summed E-state index contributed by atoms with van der Waals surface area (Å²) in [7, 11) is 0. The highest BCUT2D eigenvalue weighted by atomic mass is 16.3. The molecule has 20 aromatic carbocycles. The molecule has 6 heteroatoms. The average Bonchev–Trinajstić information content (AvgIpc) is 1.71. The first-order chi connectivity index (χ1) is 69.2. The minimum Gasteiger partial charge on any atom is -0.455 e. The molecule has 0 bridgehead atoms. The normalized spacial score (nSPS) is 14.7. The SMILES string of the molecule is CC1(C)c2ccccc2-c2ccc(N(c3ccc(-c4ccccc4)cc3)c3ccc(-c4cccc5c4oc4ccccc45)cc3)cc21.CC1(C)c2ccccc2-c2ccc(N(c3ccc(-c4ccccc4)cc3)c3ccc(N4c5ccccc5C5C=CC=CC54)cc3)cc21.CC1(C)c2ccccc2-c2ccc(N(c3ccccc3)c3ccc(-c4cccc(-n5c6ccccc6c6ccccc65)c4)cc3)cc21. The molecule has 0 saturated carbocycles. The number of para-hydroxylation sites is 6. The number of hydrogen-bond donors (Lipinski definition) is 0. The molecule has 27 rings (SSSR count). The lowest BCUT2D eigenvalue weighted by atomic mass is 9.82. The standard InChI is InChI=1S/C45H34N2.C45H36N2.C45H33NO/c1-45(2)41-20-9-6-17-37(41)38-28-27-36(30-42(38)45)46(33-14-4-3-5-15-33)34-25-23-31(24-26-34)32-13-12-16-35(29-32)47-43-21-10-7-18-39(43)40-19-8-11-22-44(40)47;1-45(2)41-17-9-6-14-37(41)38-29-28-36(30-42(38)45)46(33-22-20-32(21-23-33)31-12-4-3-5-13-31)34-24-26-35(27-25-34)47-43-18-10-7-15-39(43)40-16-8-11-19-44(40)47;1-45(2)41-17-8-6-13-37(41)38-28-27-35(29-42(38)45)46(33-23-19-31(20-24-33)30-11-4-3-5-12-30)34-25-21-32(22-26-34)36-15-10-16-40-39-14-7-9-18-43(39)47-44(36)40/h3-30H,1-2H3;3-30,39,43H,1-2H3;3-29H,1-2H3. The van der Waals surface area contributed by atoms with Crippen LogP contribution in [-0.2, 0) is 16.2 Å². The number of allylic oxidation sites excluding steroid dienone is 2. The predicted octanol–water partition coefficient (Wildman–Crippen LogP) is 36.8. The molecule has 674 valence electrons. The minimum absolute atomic E-state index is 0.0600. The fourth-order valence-corrected chi connectivity index (χ4v) is 23.2. The minimum atomic E-state index is -0.0834. The summed E-state index contributed by atoms with van der Waals surface area (Å²) < 4.78 is 8.76. The molecule has 141 heavy (non-hydrogen) atoms. The Labute approximate surface area is 824 Å². The van der Waals surface area contributed by atoms with Crippen LogP contribution in [0, 0.1) is 0 Å². The van der Waals surface area contributed by atoms with Crippen LogP contribution < -0.4 is 19.6 Å². The Kier molecular flexibility index (Phi) is 21.0. The van der Waals surface area contributed by atoms with Crippen LogP contribution in [0.15, 0.2) is 508 Å². The van der Waals surface area contributed by atoms with Crippen LogP contribution in [0.3, 0.4) is 0 Å². The third-order valence-corrected chi connectivity index (χ3v) is 30.3. The van der Waals surface area contributed by atoms with Gasteiger partial charge in [0.15, 0.2) is 0 Å². The van der Waals surface area contributed by atoms with E-state index in [9.17, 15) is 0 Å². The first-order valence-corrected chi connectivity index (χ1v) is 49.2. The molecular weight excluding hydrogens is 1710 g/mol. The Morgan fingerprint density at radius 3 is 1.06 bits per heavy atom. The van der Waals surface area contributed by atoms with E-state index in [2.05, 4.69) is 557 Å². The van der Waals surface area contributed by atoms with Crippen molar-refractivity contribution in [2.45, 2.75) is 69.7 Å². The summed E-state index contributed by atoms with van der Waals surface area (Å²) in [4.78, 5) is 9.65. The van der Waals surface area contributed by atoms with Crippen molar-refractivity contribution in [3.05, 3.63) is 542 Å². The molecule has 3 heterocycles. The lowest BCUT2D eigenvalue weighted by molar-refractivity contribution is 0.660. The maximum absolute atomic E-state index is 6.38. The highest BCUT2D eigenvalue weighted by molar-refractivity contribution is 6.11. The monoisotopic (exact) mass is 1810 g/mol. The largest absolute Gasteiger partial charge is 0.455 e. The zero-order valence-electron chi connectivity index (χ0n) is 79.7. The summed E-state index contributed by atoms with van der Waals surface area (Å²) in [6, 6.07) is 174. The van der Waals surface area contributed by atoms with Crippen LogP contribution in [0.1, 0.15) is 86.4 Å². The summed E-state index contributed by atoms with van der Waals surface area (Å²) in [6.45, 7) is 14.1. The number of rotatable bonds is 15. The van der Waals surface area contributed by atoms with Gasteiger partial charge < -0.3 is 28.6 Å². The van der Waals surface area contributed by atoms with Gasteiger partial charge >= 0.3 is 0 Å². The van der Waals surface area contributed by atoms with E-state index >= 15 is 0 Å². The second-order valence-electron chi connectivity index (χ2n) is 39.4. The van der Waals surface area contributed by atoms with Crippen molar-refractivity contribution in [3.63, 3.8) is 0 Å². The van der Waals surface area contributed by atoms with Gasteiger partial charge in [-0.3, -0.25) is 0 Å². The van der Waals surface area contributed by atoms with Crippen molar-refractivity contribution in [2.75, 3.05) is 19.6 Å².